The summed E-state index contributed by atoms with van der Waals surface area (Å²) in [7, 11) is 0. The molecule has 0 amide bonds. The molecule has 0 aliphatic rings. The van der Waals surface area contributed by atoms with Crippen LogP contribution in [0.15, 0.2) is 18.2 Å². The van der Waals surface area contributed by atoms with Gasteiger partial charge in [0.2, 0.25) is 0 Å². The average Bonchev–Trinajstić information content (AvgIpc) is 2.28. The van der Waals surface area contributed by atoms with Crippen molar-refractivity contribution in [3.63, 3.8) is 0 Å². The normalized spacial score (nSPS) is 15.0. The fourth-order valence-corrected chi connectivity index (χ4v) is 2.22. The second kappa shape index (κ2) is 6.18. The Morgan fingerprint density at radius 3 is 2.41 bits per heavy atom. The maximum atomic E-state index is 6.37. The molecule has 0 saturated heterocycles. The maximum Gasteiger partial charge on any atom is 0.0790 e. The molecule has 1 aromatic carbocycles. The highest BCUT2D eigenvalue weighted by molar-refractivity contribution is 5.35. The van der Waals surface area contributed by atoms with Crippen LogP contribution in [-0.4, -0.2) is 12.7 Å². The molecule has 2 atom stereocenters. The van der Waals surface area contributed by atoms with Crippen LogP contribution in [0.5, 0.6) is 0 Å². The molecule has 0 fully saturated rings. The van der Waals surface area contributed by atoms with Gasteiger partial charge in [-0.1, -0.05) is 32.0 Å². The Kier molecular flexibility index (Phi) is 5.16. The van der Waals surface area contributed by atoms with Crippen LogP contribution < -0.4 is 5.73 Å². The topological polar surface area (TPSA) is 35.2 Å². The van der Waals surface area contributed by atoms with Crippen LogP contribution >= 0.6 is 0 Å². The number of ether oxygens (including phenoxy) is 1. The summed E-state index contributed by atoms with van der Waals surface area (Å²) in [5.41, 5.74) is 10.1. The predicted octanol–water partition coefficient (Wildman–Crippen LogP) is 3.36. The van der Waals surface area contributed by atoms with E-state index in [0.717, 1.165) is 0 Å². The fourth-order valence-electron chi connectivity index (χ4n) is 2.22. The van der Waals surface area contributed by atoms with E-state index in [1.807, 2.05) is 6.92 Å². The molecule has 1 rings (SSSR count). The number of aryl methyl sites for hydroxylation is 1. The summed E-state index contributed by atoms with van der Waals surface area (Å²) in [5, 5.41) is 0. The maximum absolute atomic E-state index is 6.37. The van der Waals surface area contributed by atoms with Gasteiger partial charge in [-0.25, -0.2) is 0 Å². The summed E-state index contributed by atoms with van der Waals surface area (Å²) in [6.07, 6.45) is 0.0838. The Morgan fingerprint density at radius 2 is 1.88 bits per heavy atom. The Hall–Kier alpha value is -0.860. The van der Waals surface area contributed by atoms with Crippen LogP contribution in [0.25, 0.3) is 0 Å². The fraction of sp³-hybridized carbons (Fsp3) is 0.600. The Balaban J connectivity index is 3.00. The molecular formula is C15H25NO. The molecule has 0 saturated carbocycles. The first-order valence-corrected chi connectivity index (χ1v) is 6.42. The number of hydrogen-bond acceptors (Lipinski definition) is 2. The number of rotatable bonds is 5. The molecule has 0 aliphatic heterocycles. The van der Waals surface area contributed by atoms with Crippen molar-refractivity contribution in [2.45, 2.75) is 46.8 Å². The van der Waals surface area contributed by atoms with E-state index in [-0.39, 0.29) is 12.1 Å². The zero-order valence-corrected chi connectivity index (χ0v) is 11.7. The van der Waals surface area contributed by atoms with E-state index in [9.17, 15) is 0 Å². The highest BCUT2D eigenvalue weighted by atomic mass is 16.5. The Labute approximate surface area is 105 Å². The predicted molar refractivity (Wildman–Crippen MR) is 73.1 cm³/mol. The van der Waals surface area contributed by atoms with Crippen molar-refractivity contribution in [1.82, 2.24) is 0 Å². The van der Waals surface area contributed by atoms with Crippen LogP contribution in [0.1, 0.15) is 43.5 Å². The molecule has 0 spiro atoms. The van der Waals surface area contributed by atoms with Crippen LogP contribution in [0.2, 0.25) is 0 Å². The van der Waals surface area contributed by atoms with Gasteiger partial charge in [0.15, 0.2) is 0 Å². The Morgan fingerprint density at radius 1 is 1.24 bits per heavy atom. The van der Waals surface area contributed by atoms with E-state index in [1.54, 1.807) is 0 Å². The summed E-state index contributed by atoms with van der Waals surface area (Å²) in [6, 6.07) is 6.26. The average molecular weight is 235 g/mol. The summed E-state index contributed by atoms with van der Waals surface area (Å²) >= 11 is 0. The van der Waals surface area contributed by atoms with Crippen molar-refractivity contribution < 1.29 is 4.74 Å². The van der Waals surface area contributed by atoms with Gasteiger partial charge in [-0.15, -0.1) is 0 Å². The summed E-state index contributed by atoms with van der Waals surface area (Å²) in [4.78, 5) is 0. The minimum absolute atomic E-state index is 0.0464. The van der Waals surface area contributed by atoms with Crippen molar-refractivity contribution in [3.8, 4) is 0 Å². The van der Waals surface area contributed by atoms with Crippen LogP contribution in [0.3, 0.4) is 0 Å². The van der Waals surface area contributed by atoms with Crippen molar-refractivity contribution in [3.05, 3.63) is 34.9 Å². The van der Waals surface area contributed by atoms with Gasteiger partial charge in [-0.2, -0.15) is 0 Å². The number of benzene rings is 1. The van der Waals surface area contributed by atoms with Crippen molar-refractivity contribution in [2.75, 3.05) is 6.61 Å². The minimum Gasteiger partial charge on any atom is -0.376 e. The van der Waals surface area contributed by atoms with Gasteiger partial charge < -0.3 is 10.5 Å². The van der Waals surface area contributed by atoms with E-state index in [1.165, 1.54) is 16.7 Å². The number of nitrogens with two attached hydrogens (primary N) is 1. The van der Waals surface area contributed by atoms with Crippen molar-refractivity contribution in [2.24, 2.45) is 11.7 Å². The van der Waals surface area contributed by atoms with E-state index >= 15 is 0 Å². The molecule has 2 heteroatoms. The highest BCUT2D eigenvalue weighted by Crippen LogP contribution is 2.26. The van der Waals surface area contributed by atoms with Crippen molar-refractivity contribution in [1.29, 1.82) is 0 Å². The number of hydrogen-bond donors (Lipinski definition) is 1. The molecule has 0 radical (unpaired) electrons. The van der Waals surface area contributed by atoms with Gasteiger partial charge in [0.1, 0.15) is 0 Å². The Bertz CT molecular complexity index is 360. The lowest BCUT2D eigenvalue weighted by Gasteiger charge is -2.28. The van der Waals surface area contributed by atoms with Gasteiger partial charge in [-0.3, -0.25) is 0 Å². The molecule has 2 N–H and O–H groups in total. The molecule has 17 heavy (non-hydrogen) atoms. The largest absolute Gasteiger partial charge is 0.376 e. The first kappa shape index (κ1) is 14.2. The van der Waals surface area contributed by atoms with E-state index in [2.05, 4.69) is 45.9 Å². The van der Waals surface area contributed by atoms with E-state index < -0.39 is 0 Å². The van der Waals surface area contributed by atoms with Crippen molar-refractivity contribution >= 4 is 0 Å². The van der Waals surface area contributed by atoms with Gasteiger partial charge in [-0.05, 0) is 43.4 Å². The molecule has 0 aromatic heterocycles. The third-order valence-corrected chi connectivity index (χ3v) is 3.38. The molecule has 0 heterocycles. The molecule has 2 unspecified atom stereocenters. The zero-order chi connectivity index (χ0) is 13.0. The van der Waals surface area contributed by atoms with Crippen LogP contribution in [-0.2, 0) is 4.74 Å². The monoisotopic (exact) mass is 235 g/mol. The quantitative estimate of drug-likeness (QED) is 0.849. The molecule has 1 aromatic rings. The summed E-state index contributed by atoms with van der Waals surface area (Å²) in [6.45, 7) is 11.3. The smallest absolute Gasteiger partial charge is 0.0790 e. The summed E-state index contributed by atoms with van der Waals surface area (Å²) in [5.74, 6) is 0.421. The first-order valence-electron chi connectivity index (χ1n) is 6.42. The first-order chi connectivity index (χ1) is 7.99. The third kappa shape index (κ3) is 3.30. The minimum atomic E-state index is -0.0464. The standard InChI is InChI=1S/C15H25NO/c1-6-17-15(10(2)3)14(16)13-9-7-8-11(4)12(13)5/h7-10,14-15H,6,16H2,1-5H3. The van der Waals surface area contributed by atoms with Crippen LogP contribution in [0, 0.1) is 19.8 Å². The molecule has 96 valence electrons. The van der Waals surface area contributed by atoms with E-state index in [0.29, 0.717) is 12.5 Å². The van der Waals surface area contributed by atoms with Crippen LogP contribution in [0.4, 0.5) is 0 Å². The SMILES string of the molecule is CCOC(C(C)C)C(N)c1cccc(C)c1C. The second-order valence-electron chi connectivity index (χ2n) is 4.98. The molecular weight excluding hydrogens is 210 g/mol. The lowest BCUT2D eigenvalue weighted by molar-refractivity contribution is 0.0120. The summed E-state index contributed by atoms with van der Waals surface area (Å²) < 4.78 is 5.79. The van der Waals surface area contributed by atoms with Gasteiger partial charge in [0.05, 0.1) is 12.1 Å². The lowest BCUT2D eigenvalue weighted by Crippen LogP contribution is -2.34. The zero-order valence-electron chi connectivity index (χ0n) is 11.7. The van der Waals surface area contributed by atoms with Gasteiger partial charge in [0, 0.05) is 6.61 Å². The second-order valence-corrected chi connectivity index (χ2v) is 4.98. The van der Waals surface area contributed by atoms with E-state index in [4.69, 9.17) is 10.5 Å². The molecule has 0 bridgehead atoms. The van der Waals surface area contributed by atoms with Gasteiger partial charge in [0.25, 0.3) is 0 Å². The molecule has 0 aliphatic carbocycles. The lowest BCUT2D eigenvalue weighted by atomic mass is 9.90. The molecule has 2 nitrogen and oxygen atoms in total. The van der Waals surface area contributed by atoms with Gasteiger partial charge >= 0.3 is 0 Å². The highest BCUT2D eigenvalue weighted by Gasteiger charge is 2.24. The third-order valence-electron chi connectivity index (χ3n) is 3.38.